The molecule has 0 atom stereocenters. The fourth-order valence-corrected chi connectivity index (χ4v) is 3.84. The lowest BCUT2D eigenvalue weighted by Crippen LogP contribution is -2.18. The summed E-state index contributed by atoms with van der Waals surface area (Å²) in [6.45, 7) is 0. The average Bonchev–Trinajstić information content (AvgIpc) is 2.66. The zero-order chi connectivity index (χ0) is 20.2. The summed E-state index contributed by atoms with van der Waals surface area (Å²) in [5.41, 5.74) is -0.312. The van der Waals surface area contributed by atoms with Crippen LogP contribution in [0.1, 0.15) is 0 Å². The summed E-state index contributed by atoms with van der Waals surface area (Å²) in [4.78, 5) is 11.6. The first-order valence-electron chi connectivity index (χ1n) is 7.35. The molecule has 0 radical (unpaired) electrons. The van der Waals surface area contributed by atoms with Crippen LogP contribution in [0.5, 0.6) is 5.75 Å². The van der Waals surface area contributed by atoms with Crippen molar-refractivity contribution in [3.05, 3.63) is 58.0 Å². The summed E-state index contributed by atoms with van der Waals surface area (Å²) in [7, 11) is -0.423. The highest BCUT2D eigenvalue weighted by atomic mass is 79.9. The Hall–Kier alpha value is -2.59. The number of hydrogen-bond acceptors (Lipinski definition) is 7. The quantitative estimate of drug-likeness (QED) is 0.486. The fraction of sp³-hybridized carbons (Fsp3) is 0.176. The number of ether oxygens (including phenoxy) is 3. The van der Waals surface area contributed by atoms with E-state index < -0.39 is 21.9 Å². The Labute approximate surface area is 164 Å². The molecule has 27 heavy (non-hydrogen) atoms. The number of methoxy groups -OCH3 is 3. The van der Waals surface area contributed by atoms with Crippen molar-refractivity contribution in [1.82, 2.24) is 0 Å². The van der Waals surface area contributed by atoms with Gasteiger partial charge in [0.1, 0.15) is 5.75 Å². The Bertz CT molecular complexity index is 991. The Kier molecular flexibility index (Phi) is 6.45. The molecule has 0 fully saturated rings. The highest BCUT2D eigenvalue weighted by Crippen LogP contribution is 2.29. The monoisotopic (exact) mass is 456 g/mol. The topological polar surface area (TPSA) is 114 Å². The van der Waals surface area contributed by atoms with Gasteiger partial charge in [-0.25, -0.2) is 4.79 Å². The first-order valence-corrected chi connectivity index (χ1v) is 9.59. The number of benzene rings is 1. The molecular weight excluding hydrogens is 442 g/mol. The summed E-state index contributed by atoms with van der Waals surface area (Å²) < 4.78 is 43.8. The Morgan fingerprint density at radius 1 is 1.15 bits per heavy atom. The summed E-state index contributed by atoms with van der Waals surface area (Å²) in [6.07, 6.45) is 3.71. The lowest BCUT2D eigenvalue weighted by Gasteiger charge is -2.17. The van der Waals surface area contributed by atoms with E-state index in [1.165, 1.54) is 44.6 Å². The van der Waals surface area contributed by atoms with E-state index in [4.69, 9.17) is 4.74 Å². The van der Waals surface area contributed by atoms with E-state index in [-0.39, 0.29) is 21.8 Å². The largest absolute Gasteiger partial charge is 0.616 e. The minimum atomic E-state index is -4.19. The van der Waals surface area contributed by atoms with Crippen molar-refractivity contribution >= 4 is 37.6 Å². The molecule has 1 aromatic carbocycles. The van der Waals surface area contributed by atoms with Crippen LogP contribution in [0.2, 0.25) is 0 Å². The average molecular weight is 457 g/mol. The molecule has 0 aliphatic heterocycles. The summed E-state index contributed by atoms with van der Waals surface area (Å²) in [6, 6.07) is 4.09. The number of nitrogens with zero attached hydrogens (tertiary/aromatic N) is 1. The van der Waals surface area contributed by atoms with Crippen molar-refractivity contribution in [2.24, 2.45) is 4.40 Å². The van der Waals surface area contributed by atoms with E-state index >= 15 is 0 Å². The molecular formula is C17H15BrNO7S-. The highest BCUT2D eigenvalue weighted by Gasteiger charge is 2.21. The van der Waals surface area contributed by atoms with E-state index in [0.29, 0.717) is 10.2 Å². The van der Waals surface area contributed by atoms with Crippen molar-refractivity contribution < 1.29 is 32.5 Å². The Balaban J connectivity index is 2.60. The van der Waals surface area contributed by atoms with E-state index in [2.05, 4.69) is 29.8 Å². The minimum absolute atomic E-state index is 0.0371. The van der Waals surface area contributed by atoms with Crippen LogP contribution >= 0.6 is 15.9 Å². The highest BCUT2D eigenvalue weighted by molar-refractivity contribution is 9.10. The fourth-order valence-electron chi connectivity index (χ4n) is 2.12. The summed E-state index contributed by atoms with van der Waals surface area (Å²) in [5.74, 6) is -1.05. The molecule has 0 spiro atoms. The minimum Gasteiger partial charge on any atom is -0.616 e. The lowest BCUT2D eigenvalue weighted by molar-refractivity contribution is -0.354. The lowest BCUT2D eigenvalue weighted by atomic mass is 10.0. The van der Waals surface area contributed by atoms with Crippen molar-refractivity contribution in [3.63, 3.8) is 0 Å². The van der Waals surface area contributed by atoms with Crippen LogP contribution in [0.25, 0.3) is 0 Å². The first-order chi connectivity index (χ1) is 12.7. The van der Waals surface area contributed by atoms with E-state index in [1.807, 2.05) is 0 Å². The van der Waals surface area contributed by atoms with Crippen molar-refractivity contribution in [2.75, 3.05) is 21.3 Å². The van der Waals surface area contributed by atoms with Gasteiger partial charge in [0.2, 0.25) is 0 Å². The normalized spacial score (nSPS) is 17.3. The van der Waals surface area contributed by atoms with E-state index in [1.54, 1.807) is 0 Å². The predicted octanol–water partition coefficient (Wildman–Crippen LogP) is 1.47. The molecule has 0 saturated carbocycles. The summed E-state index contributed by atoms with van der Waals surface area (Å²) >= 11 is 3.21. The van der Waals surface area contributed by atoms with Crippen molar-refractivity contribution in [2.45, 2.75) is 4.90 Å². The van der Waals surface area contributed by atoms with Crippen LogP contribution in [0.15, 0.2) is 67.3 Å². The molecule has 10 heteroatoms. The van der Waals surface area contributed by atoms with Crippen LogP contribution in [-0.4, -0.2) is 41.4 Å². The molecule has 2 rings (SSSR count). The first kappa shape index (κ1) is 20.7. The molecule has 0 amide bonds. The van der Waals surface area contributed by atoms with Gasteiger partial charge >= 0.3 is 5.97 Å². The molecule has 0 saturated heterocycles. The van der Waals surface area contributed by atoms with E-state index in [0.717, 1.165) is 13.2 Å². The molecule has 144 valence electrons. The van der Waals surface area contributed by atoms with Gasteiger partial charge in [-0.3, -0.25) is 0 Å². The number of esters is 1. The number of halogens is 1. The Morgan fingerprint density at radius 3 is 2.41 bits per heavy atom. The summed E-state index contributed by atoms with van der Waals surface area (Å²) in [5, 5.41) is 11.9. The Morgan fingerprint density at radius 2 is 1.85 bits per heavy atom. The van der Waals surface area contributed by atoms with Gasteiger partial charge in [-0.15, -0.1) is 0 Å². The van der Waals surface area contributed by atoms with Crippen molar-refractivity contribution in [1.29, 1.82) is 0 Å². The van der Waals surface area contributed by atoms with Gasteiger partial charge in [0, 0.05) is 5.57 Å². The third kappa shape index (κ3) is 4.58. The number of carbonyl (C=O) groups is 1. The predicted molar refractivity (Wildman–Crippen MR) is 98.6 cm³/mol. The number of sulfonamides is 1. The third-order valence-electron chi connectivity index (χ3n) is 3.46. The van der Waals surface area contributed by atoms with Gasteiger partial charge in [-0.2, -0.15) is 12.8 Å². The number of hydrogen-bond donors (Lipinski definition) is 0. The molecule has 1 aliphatic rings. The van der Waals surface area contributed by atoms with Gasteiger partial charge in [0.15, 0.2) is 0 Å². The zero-order valence-corrected chi connectivity index (χ0v) is 17.0. The molecule has 0 heterocycles. The smallest absolute Gasteiger partial charge is 0.337 e. The second-order valence-corrected chi connectivity index (χ2v) is 7.54. The maximum Gasteiger partial charge on any atom is 0.337 e. The molecule has 0 unspecified atom stereocenters. The van der Waals surface area contributed by atoms with Gasteiger partial charge in [-0.1, -0.05) is 6.08 Å². The van der Waals surface area contributed by atoms with Gasteiger partial charge in [0.05, 0.1) is 40.8 Å². The molecule has 0 N–H and O–H groups in total. The van der Waals surface area contributed by atoms with Crippen LogP contribution in [0.3, 0.4) is 0 Å². The second-order valence-electron chi connectivity index (χ2n) is 5.08. The van der Waals surface area contributed by atoms with Crippen LogP contribution < -0.4 is 9.84 Å². The SMILES string of the molecule is COC(=O)C1=CC(=NS(=O)(=O)c2ccc(OC)c(Br)c2)C(=C([O-])OC)C=C1. The van der Waals surface area contributed by atoms with Crippen LogP contribution in [0.4, 0.5) is 0 Å². The van der Waals surface area contributed by atoms with Crippen molar-refractivity contribution in [3.8, 4) is 5.75 Å². The number of allylic oxidation sites excluding steroid dienone is 3. The molecule has 0 bridgehead atoms. The van der Waals surface area contributed by atoms with Crippen LogP contribution in [-0.2, 0) is 24.3 Å². The zero-order valence-electron chi connectivity index (χ0n) is 14.6. The molecule has 1 aromatic rings. The maximum atomic E-state index is 12.7. The molecule has 1 aliphatic carbocycles. The molecule has 8 nitrogen and oxygen atoms in total. The van der Waals surface area contributed by atoms with Gasteiger partial charge < -0.3 is 19.3 Å². The maximum absolute atomic E-state index is 12.7. The van der Waals surface area contributed by atoms with Gasteiger partial charge in [0.25, 0.3) is 10.0 Å². The number of carbonyl (C=O) groups excluding carboxylic acids is 1. The van der Waals surface area contributed by atoms with Gasteiger partial charge in [-0.05, 0) is 53.4 Å². The second kappa shape index (κ2) is 8.40. The number of rotatable bonds is 5. The third-order valence-corrected chi connectivity index (χ3v) is 5.37. The van der Waals surface area contributed by atoms with Crippen LogP contribution in [0, 0.1) is 0 Å². The standard InChI is InChI=1S/C17H16BrNO7S/c1-24-15-7-5-11(9-13(15)18)27(22,23)19-14-8-10(16(20)25-2)4-6-12(14)17(21)26-3/h4-9,21H,1-3H3/p-1. The van der Waals surface area contributed by atoms with E-state index in [9.17, 15) is 18.3 Å². The molecule has 0 aromatic heterocycles.